The van der Waals surface area contributed by atoms with E-state index in [1.807, 2.05) is 6.92 Å². The van der Waals surface area contributed by atoms with Crippen molar-refractivity contribution in [1.29, 1.82) is 0 Å². The van der Waals surface area contributed by atoms with E-state index in [2.05, 4.69) is 19.6 Å². The average Bonchev–Trinajstić information content (AvgIpc) is 2.23. The molecule has 3 nitrogen and oxygen atoms in total. The minimum Gasteiger partial charge on any atom is -0.396 e. The lowest BCUT2D eigenvalue weighted by molar-refractivity contribution is 0.00304. The van der Waals surface area contributed by atoms with Gasteiger partial charge in [-0.3, -0.25) is 0 Å². The minimum absolute atomic E-state index is 0.156. The molecule has 0 fully saturated rings. The fourth-order valence-corrected chi connectivity index (χ4v) is 0.485. The van der Waals surface area contributed by atoms with Gasteiger partial charge in [-0.15, -0.1) is 0 Å². The summed E-state index contributed by atoms with van der Waals surface area (Å²) < 4.78 is 0. The third-order valence-corrected chi connectivity index (χ3v) is 2.43. The van der Waals surface area contributed by atoms with Crippen LogP contribution in [0.25, 0.3) is 0 Å². The summed E-state index contributed by atoms with van der Waals surface area (Å²) in [6.45, 7) is 3.46. The zero-order valence-electron chi connectivity index (χ0n) is 8.53. The van der Waals surface area contributed by atoms with Crippen LogP contribution in [0.2, 0.25) is 0 Å². The Hall–Kier alpha value is 0.230. The molecule has 82 valence electrons. The molecule has 0 aromatic rings. The second kappa shape index (κ2) is 10.3. The molecule has 0 aliphatic heterocycles. The smallest absolute Gasteiger partial charge is 0.0531 e. The van der Waals surface area contributed by atoms with Gasteiger partial charge < -0.3 is 15.3 Å². The molecule has 0 saturated carbocycles. The van der Waals surface area contributed by atoms with Gasteiger partial charge in [0.2, 0.25) is 0 Å². The lowest BCUT2D eigenvalue weighted by Crippen LogP contribution is -2.32. The zero-order valence-corrected chi connectivity index (χ0v) is 9.43. The van der Waals surface area contributed by atoms with Gasteiger partial charge in [-0.05, 0) is 18.6 Å². The van der Waals surface area contributed by atoms with Crippen molar-refractivity contribution >= 4 is 12.6 Å². The highest BCUT2D eigenvalue weighted by atomic mass is 32.1. The molecule has 0 unspecified atom stereocenters. The summed E-state index contributed by atoms with van der Waals surface area (Å²) in [6, 6.07) is 0. The average molecular weight is 210 g/mol. The van der Waals surface area contributed by atoms with Gasteiger partial charge in [0.1, 0.15) is 0 Å². The van der Waals surface area contributed by atoms with Gasteiger partial charge >= 0.3 is 0 Å². The molecule has 0 radical (unpaired) electrons. The predicted molar refractivity (Wildman–Crippen MR) is 58.1 cm³/mol. The highest BCUT2D eigenvalue weighted by Crippen LogP contribution is 2.18. The first-order valence-corrected chi connectivity index (χ1v) is 5.23. The predicted octanol–water partition coefficient (Wildman–Crippen LogP) is 0.686. The van der Waals surface area contributed by atoms with Crippen molar-refractivity contribution < 1.29 is 15.3 Å². The summed E-state index contributed by atoms with van der Waals surface area (Å²) in [5, 5.41) is 26.0. The molecule has 13 heavy (non-hydrogen) atoms. The van der Waals surface area contributed by atoms with Gasteiger partial charge in [-0.1, -0.05) is 13.8 Å². The topological polar surface area (TPSA) is 60.7 Å². The number of thiol groups is 1. The molecular formula is C9H22O3S. The first-order chi connectivity index (χ1) is 6.16. The van der Waals surface area contributed by atoms with E-state index < -0.39 is 5.41 Å². The Morgan fingerprint density at radius 2 is 1.31 bits per heavy atom. The van der Waals surface area contributed by atoms with Crippen LogP contribution in [-0.2, 0) is 0 Å². The van der Waals surface area contributed by atoms with Crippen molar-refractivity contribution in [3.05, 3.63) is 0 Å². The van der Waals surface area contributed by atoms with E-state index in [0.29, 0.717) is 6.42 Å². The molecule has 0 aromatic carbocycles. The first-order valence-electron chi connectivity index (χ1n) is 4.59. The molecule has 0 aliphatic rings. The standard InChI is InChI=1S/C6H14O3.C3H8S/c1-2-6(3-7,4-8)5-9;1-2-3-4/h7-9H,2-5H2,1H3;4H,2-3H2,1H3. The van der Waals surface area contributed by atoms with Crippen LogP contribution in [0.4, 0.5) is 0 Å². The van der Waals surface area contributed by atoms with Gasteiger partial charge in [0.15, 0.2) is 0 Å². The van der Waals surface area contributed by atoms with E-state index in [1.54, 1.807) is 0 Å². The van der Waals surface area contributed by atoms with Crippen LogP contribution in [0, 0.1) is 5.41 Å². The van der Waals surface area contributed by atoms with E-state index in [0.717, 1.165) is 5.75 Å². The molecule has 0 saturated heterocycles. The molecule has 0 rings (SSSR count). The van der Waals surface area contributed by atoms with Crippen LogP contribution >= 0.6 is 12.6 Å². The number of aliphatic hydroxyl groups excluding tert-OH is 3. The molecule has 0 aliphatic carbocycles. The third kappa shape index (κ3) is 7.31. The van der Waals surface area contributed by atoms with Crippen LogP contribution in [-0.4, -0.2) is 40.9 Å². The number of hydrogen-bond acceptors (Lipinski definition) is 4. The van der Waals surface area contributed by atoms with Gasteiger partial charge in [-0.25, -0.2) is 0 Å². The van der Waals surface area contributed by atoms with Crippen molar-refractivity contribution in [1.82, 2.24) is 0 Å². The normalized spacial score (nSPS) is 10.6. The highest BCUT2D eigenvalue weighted by Gasteiger charge is 2.24. The zero-order chi connectivity index (χ0) is 10.7. The van der Waals surface area contributed by atoms with Crippen molar-refractivity contribution in [2.45, 2.75) is 26.7 Å². The Kier molecular flexibility index (Phi) is 12.4. The Bertz CT molecular complexity index is 75.4. The lowest BCUT2D eigenvalue weighted by Gasteiger charge is -2.24. The van der Waals surface area contributed by atoms with Crippen molar-refractivity contribution in [2.24, 2.45) is 5.41 Å². The molecule has 4 heteroatoms. The highest BCUT2D eigenvalue weighted by molar-refractivity contribution is 7.80. The Balaban J connectivity index is 0. The molecule has 0 amide bonds. The van der Waals surface area contributed by atoms with Gasteiger partial charge in [-0.2, -0.15) is 12.6 Å². The van der Waals surface area contributed by atoms with Crippen LogP contribution in [0.1, 0.15) is 26.7 Å². The maximum Gasteiger partial charge on any atom is 0.0531 e. The number of aliphatic hydroxyl groups is 3. The summed E-state index contributed by atoms with van der Waals surface area (Å²) in [5.74, 6) is 1.01. The van der Waals surface area contributed by atoms with Crippen LogP contribution in [0.3, 0.4) is 0 Å². The summed E-state index contributed by atoms with van der Waals surface area (Å²) in [7, 11) is 0. The molecule has 0 spiro atoms. The fourth-order valence-electron chi connectivity index (χ4n) is 0.485. The molecule has 0 heterocycles. The molecule has 0 bridgehead atoms. The van der Waals surface area contributed by atoms with Crippen molar-refractivity contribution in [2.75, 3.05) is 25.6 Å². The molecule has 0 aromatic heterocycles. The summed E-state index contributed by atoms with van der Waals surface area (Å²) in [5.41, 5.74) is -0.667. The fraction of sp³-hybridized carbons (Fsp3) is 1.00. The SMILES string of the molecule is CCC(CO)(CO)CO.CCCS. The quantitative estimate of drug-likeness (QED) is 0.505. The van der Waals surface area contributed by atoms with Crippen LogP contribution < -0.4 is 0 Å². The van der Waals surface area contributed by atoms with Gasteiger partial charge in [0.05, 0.1) is 19.8 Å². The van der Waals surface area contributed by atoms with Gasteiger partial charge in [0.25, 0.3) is 0 Å². The van der Waals surface area contributed by atoms with E-state index in [4.69, 9.17) is 15.3 Å². The first kappa shape index (κ1) is 15.7. The minimum atomic E-state index is -0.667. The van der Waals surface area contributed by atoms with E-state index in [1.165, 1.54) is 6.42 Å². The largest absolute Gasteiger partial charge is 0.396 e. The molecule has 0 atom stereocenters. The van der Waals surface area contributed by atoms with E-state index >= 15 is 0 Å². The maximum atomic E-state index is 8.66. The van der Waals surface area contributed by atoms with Crippen molar-refractivity contribution in [3.8, 4) is 0 Å². The monoisotopic (exact) mass is 210 g/mol. The molecule has 3 N–H and O–H groups in total. The summed E-state index contributed by atoms with van der Waals surface area (Å²) >= 11 is 3.92. The maximum absolute atomic E-state index is 8.66. The Morgan fingerprint density at radius 3 is 1.31 bits per heavy atom. The number of hydrogen-bond donors (Lipinski definition) is 4. The second-order valence-electron chi connectivity index (χ2n) is 3.05. The summed E-state index contributed by atoms with van der Waals surface area (Å²) in [6.07, 6.45) is 1.78. The van der Waals surface area contributed by atoms with E-state index in [-0.39, 0.29) is 19.8 Å². The van der Waals surface area contributed by atoms with E-state index in [9.17, 15) is 0 Å². The number of rotatable bonds is 5. The lowest BCUT2D eigenvalue weighted by atomic mass is 9.88. The Morgan fingerprint density at radius 1 is 1.00 bits per heavy atom. The van der Waals surface area contributed by atoms with Crippen LogP contribution in [0.15, 0.2) is 0 Å². The third-order valence-electron chi connectivity index (χ3n) is 1.98. The Labute approximate surface area is 86.2 Å². The molecular weight excluding hydrogens is 188 g/mol. The summed E-state index contributed by atoms with van der Waals surface area (Å²) in [4.78, 5) is 0. The second-order valence-corrected chi connectivity index (χ2v) is 3.50. The van der Waals surface area contributed by atoms with Gasteiger partial charge in [0, 0.05) is 5.41 Å². The van der Waals surface area contributed by atoms with Crippen molar-refractivity contribution in [3.63, 3.8) is 0 Å². The van der Waals surface area contributed by atoms with Crippen LogP contribution in [0.5, 0.6) is 0 Å².